The lowest BCUT2D eigenvalue weighted by Crippen LogP contribution is -2.27. The number of fused-ring (bicyclic) bond motifs is 1. The molecule has 0 aromatic heterocycles. The molecule has 0 saturated heterocycles. The highest BCUT2D eigenvalue weighted by Gasteiger charge is 2.25. The first kappa shape index (κ1) is 18.6. The van der Waals surface area contributed by atoms with Gasteiger partial charge in [-0.15, -0.1) is 0 Å². The van der Waals surface area contributed by atoms with Crippen molar-refractivity contribution in [3.8, 4) is 23.0 Å². The lowest BCUT2D eigenvalue weighted by molar-refractivity contribution is 0.104. The van der Waals surface area contributed by atoms with Gasteiger partial charge in [-0.2, -0.15) is 0 Å². The highest BCUT2D eigenvalue weighted by atomic mass is 16.5. The van der Waals surface area contributed by atoms with Crippen LogP contribution >= 0.6 is 0 Å². The van der Waals surface area contributed by atoms with E-state index in [1.807, 2.05) is 26.8 Å². The predicted octanol–water partition coefficient (Wildman–Crippen LogP) is 4.58. The molecule has 2 N–H and O–H groups in total. The quantitative estimate of drug-likeness (QED) is 0.598. The van der Waals surface area contributed by atoms with E-state index in [4.69, 9.17) is 9.47 Å². The molecule has 140 valence electrons. The molecule has 0 unspecified atom stereocenters. The van der Waals surface area contributed by atoms with Crippen molar-refractivity contribution in [3.05, 3.63) is 59.2 Å². The number of allylic oxidation sites excluding steroid dienone is 1. The minimum Gasteiger partial charge on any atom is -0.506 e. The first-order valence-corrected chi connectivity index (χ1v) is 8.73. The van der Waals surface area contributed by atoms with Gasteiger partial charge in [0.05, 0.1) is 17.7 Å². The standard InChI is InChI=1S/C22H22O5/c1-4-26-20-13-14(6-9-18(20)24)5-8-17(23)15-7-10-19-16(21(15)25)11-12-22(2,3)27-19/h5-13,24-25H,4H2,1-3H3/b8-5+. The largest absolute Gasteiger partial charge is 0.506 e. The van der Waals surface area contributed by atoms with Crippen molar-refractivity contribution < 1.29 is 24.5 Å². The van der Waals surface area contributed by atoms with E-state index in [1.54, 1.807) is 36.4 Å². The monoisotopic (exact) mass is 366 g/mol. The van der Waals surface area contributed by atoms with Gasteiger partial charge in [0.15, 0.2) is 17.3 Å². The summed E-state index contributed by atoms with van der Waals surface area (Å²) in [7, 11) is 0. The molecular weight excluding hydrogens is 344 g/mol. The average Bonchev–Trinajstić information content (AvgIpc) is 2.61. The summed E-state index contributed by atoms with van der Waals surface area (Å²) < 4.78 is 11.1. The van der Waals surface area contributed by atoms with E-state index in [2.05, 4.69) is 0 Å². The maximum absolute atomic E-state index is 12.5. The van der Waals surface area contributed by atoms with Gasteiger partial charge in [-0.25, -0.2) is 0 Å². The number of hydrogen-bond acceptors (Lipinski definition) is 5. The minimum atomic E-state index is -0.456. The average molecular weight is 366 g/mol. The Morgan fingerprint density at radius 1 is 1.22 bits per heavy atom. The number of rotatable bonds is 5. The summed E-state index contributed by atoms with van der Waals surface area (Å²) in [6.07, 6.45) is 6.59. The Morgan fingerprint density at radius 3 is 2.74 bits per heavy atom. The summed E-state index contributed by atoms with van der Waals surface area (Å²) in [6, 6.07) is 8.07. The van der Waals surface area contributed by atoms with Crippen molar-refractivity contribution in [1.29, 1.82) is 0 Å². The number of ether oxygens (including phenoxy) is 2. The molecule has 3 rings (SSSR count). The number of ketones is 1. The van der Waals surface area contributed by atoms with Crippen LogP contribution in [0.3, 0.4) is 0 Å². The summed E-state index contributed by atoms with van der Waals surface area (Å²) >= 11 is 0. The molecule has 0 saturated carbocycles. The zero-order valence-corrected chi connectivity index (χ0v) is 15.5. The minimum absolute atomic E-state index is 0.0439. The summed E-state index contributed by atoms with van der Waals surface area (Å²) in [4.78, 5) is 12.5. The lowest BCUT2D eigenvalue weighted by atomic mass is 9.98. The highest BCUT2D eigenvalue weighted by Crippen LogP contribution is 2.38. The molecule has 0 fully saturated rings. The van der Waals surface area contributed by atoms with Crippen molar-refractivity contribution in [2.75, 3.05) is 6.61 Å². The fourth-order valence-electron chi connectivity index (χ4n) is 2.81. The van der Waals surface area contributed by atoms with Crippen LogP contribution in [0.5, 0.6) is 23.0 Å². The molecule has 0 bridgehead atoms. The van der Waals surface area contributed by atoms with Gasteiger partial charge in [-0.05, 0) is 68.8 Å². The van der Waals surface area contributed by atoms with E-state index < -0.39 is 5.60 Å². The second-order valence-electron chi connectivity index (χ2n) is 6.77. The van der Waals surface area contributed by atoms with Crippen LogP contribution in [0, 0.1) is 0 Å². The molecule has 0 atom stereocenters. The van der Waals surface area contributed by atoms with E-state index in [0.717, 1.165) is 0 Å². The van der Waals surface area contributed by atoms with Crippen LogP contribution < -0.4 is 9.47 Å². The number of aromatic hydroxyl groups is 2. The third kappa shape index (κ3) is 3.97. The molecule has 5 heteroatoms. The summed E-state index contributed by atoms with van der Waals surface area (Å²) in [6.45, 7) is 6.08. The van der Waals surface area contributed by atoms with Crippen molar-refractivity contribution in [2.45, 2.75) is 26.4 Å². The van der Waals surface area contributed by atoms with Gasteiger partial charge >= 0.3 is 0 Å². The first-order chi connectivity index (χ1) is 12.8. The molecule has 0 amide bonds. The predicted molar refractivity (Wildman–Crippen MR) is 104 cm³/mol. The molecule has 27 heavy (non-hydrogen) atoms. The summed E-state index contributed by atoms with van der Waals surface area (Å²) in [5.74, 6) is 0.505. The van der Waals surface area contributed by atoms with E-state index in [-0.39, 0.29) is 22.8 Å². The van der Waals surface area contributed by atoms with Gasteiger partial charge in [-0.3, -0.25) is 4.79 Å². The number of hydrogen-bond donors (Lipinski definition) is 2. The fraction of sp³-hybridized carbons (Fsp3) is 0.227. The smallest absolute Gasteiger partial charge is 0.189 e. The first-order valence-electron chi connectivity index (χ1n) is 8.73. The number of carbonyl (C=O) groups is 1. The van der Waals surface area contributed by atoms with Gasteiger partial charge in [0.25, 0.3) is 0 Å². The molecule has 1 heterocycles. The van der Waals surface area contributed by atoms with Gasteiger partial charge in [0, 0.05) is 0 Å². The van der Waals surface area contributed by atoms with Crippen LogP contribution in [0.25, 0.3) is 12.2 Å². The van der Waals surface area contributed by atoms with Crippen LogP contribution in [-0.2, 0) is 0 Å². The molecule has 2 aromatic rings. The van der Waals surface area contributed by atoms with E-state index in [9.17, 15) is 15.0 Å². The third-order valence-corrected chi connectivity index (χ3v) is 4.18. The molecule has 5 nitrogen and oxygen atoms in total. The van der Waals surface area contributed by atoms with Crippen LogP contribution in [0.4, 0.5) is 0 Å². The number of carbonyl (C=O) groups excluding carboxylic acids is 1. The van der Waals surface area contributed by atoms with Crippen LogP contribution in [-0.4, -0.2) is 28.2 Å². The summed E-state index contributed by atoms with van der Waals surface area (Å²) in [5, 5.41) is 20.2. The third-order valence-electron chi connectivity index (χ3n) is 4.18. The highest BCUT2D eigenvalue weighted by molar-refractivity contribution is 6.09. The number of benzene rings is 2. The fourth-order valence-corrected chi connectivity index (χ4v) is 2.81. The molecule has 0 aliphatic carbocycles. The second kappa shape index (κ2) is 7.19. The SMILES string of the molecule is CCOc1cc(/C=C/C(=O)c2ccc3c(c2O)C=CC(C)(C)O3)ccc1O. The van der Waals surface area contributed by atoms with Crippen LogP contribution in [0.1, 0.15) is 42.3 Å². The molecular formula is C22H22O5. The zero-order chi connectivity index (χ0) is 19.6. The second-order valence-corrected chi connectivity index (χ2v) is 6.77. The zero-order valence-electron chi connectivity index (χ0n) is 15.5. The van der Waals surface area contributed by atoms with Gasteiger partial charge < -0.3 is 19.7 Å². The molecule has 2 aromatic carbocycles. The van der Waals surface area contributed by atoms with Crippen LogP contribution in [0.2, 0.25) is 0 Å². The Hall–Kier alpha value is -3.21. The Morgan fingerprint density at radius 2 is 2.00 bits per heavy atom. The molecule has 0 radical (unpaired) electrons. The Labute approximate surface area is 158 Å². The van der Waals surface area contributed by atoms with E-state index >= 15 is 0 Å². The number of phenolic OH excluding ortho intramolecular Hbond substituents is 2. The van der Waals surface area contributed by atoms with Crippen molar-refractivity contribution in [3.63, 3.8) is 0 Å². The normalized spacial score (nSPS) is 14.6. The number of phenols is 2. The van der Waals surface area contributed by atoms with Gasteiger partial charge in [-0.1, -0.05) is 12.1 Å². The van der Waals surface area contributed by atoms with Crippen LogP contribution in [0.15, 0.2) is 42.5 Å². The van der Waals surface area contributed by atoms with E-state index in [1.165, 1.54) is 12.1 Å². The van der Waals surface area contributed by atoms with Crippen molar-refractivity contribution >= 4 is 17.9 Å². The van der Waals surface area contributed by atoms with Crippen molar-refractivity contribution in [1.82, 2.24) is 0 Å². The maximum Gasteiger partial charge on any atom is 0.189 e. The molecule has 1 aliphatic rings. The van der Waals surface area contributed by atoms with Gasteiger partial charge in [0.2, 0.25) is 0 Å². The van der Waals surface area contributed by atoms with Crippen molar-refractivity contribution in [2.24, 2.45) is 0 Å². The molecule has 1 aliphatic heterocycles. The Bertz CT molecular complexity index is 938. The Balaban J connectivity index is 1.85. The van der Waals surface area contributed by atoms with Gasteiger partial charge in [0.1, 0.15) is 17.1 Å². The molecule has 0 spiro atoms. The lowest BCUT2D eigenvalue weighted by Gasteiger charge is -2.28. The summed E-state index contributed by atoms with van der Waals surface area (Å²) in [5.41, 5.74) is 0.938. The topological polar surface area (TPSA) is 76.0 Å². The maximum atomic E-state index is 12.5. The Kier molecular flexibility index (Phi) is 4.95. The van der Waals surface area contributed by atoms with E-state index in [0.29, 0.717) is 29.2 Å².